The van der Waals surface area contributed by atoms with Crippen LogP contribution in [0.4, 0.5) is 0 Å². The Morgan fingerprint density at radius 3 is 2.92 bits per heavy atom. The molecule has 0 saturated carbocycles. The zero-order valence-electron chi connectivity index (χ0n) is 7.84. The highest BCUT2D eigenvalue weighted by atomic mass is 79.9. The van der Waals surface area contributed by atoms with Gasteiger partial charge >= 0.3 is 0 Å². The van der Waals surface area contributed by atoms with Gasteiger partial charge in [-0.15, -0.1) is 11.3 Å². The molecular formula is C9H14BrNS2. The largest absolute Gasteiger partial charge is 0.312 e. The van der Waals surface area contributed by atoms with Gasteiger partial charge in [-0.05, 0) is 47.5 Å². The van der Waals surface area contributed by atoms with Gasteiger partial charge in [-0.25, -0.2) is 0 Å². The maximum Gasteiger partial charge on any atom is 0.0420 e. The van der Waals surface area contributed by atoms with Crippen LogP contribution in [0.3, 0.4) is 0 Å². The van der Waals surface area contributed by atoms with E-state index in [4.69, 9.17) is 0 Å². The first-order valence-corrected chi connectivity index (χ1v) is 7.24. The first-order chi connectivity index (χ1) is 6.27. The van der Waals surface area contributed by atoms with Crippen molar-refractivity contribution in [2.75, 3.05) is 19.1 Å². The molecule has 0 aliphatic heterocycles. The molecule has 1 unspecified atom stereocenters. The highest BCUT2D eigenvalue weighted by molar-refractivity contribution is 9.10. The third-order valence-electron chi connectivity index (χ3n) is 1.89. The Kier molecular flexibility index (Phi) is 5.39. The Balaban J connectivity index is 2.56. The fourth-order valence-corrected chi connectivity index (χ4v) is 3.24. The molecule has 13 heavy (non-hydrogen) atoms. The lowest BCUT2D eigenvalue weighted by atomic mass is 10.2. The minimum absolute atomic E-state index is 0.517. The number of rotatable bonds is 5. The van der Waals surface area contributed by atoms with E-state index < -0.39 is 0 Å². The summed E-state index contributed by atoms with van der Waals surface area (Å²) in [7, 11) is 2.03. The molecule has 1 aromatic rings. The summed E-state index contributed by atoms with van der Waals surface area (Å²) in [6, 6.07) is 2.72. The van der Waals surface area contributed by atoms with Gasteiger partial charge in [0.15, 0.2) is 0 Å². The summed E-state index contributed by atoms with van der Waals surface area (Å²) >= 11 is 7.19. The molecule has 1 N–H and O–H groups in total. The number of nitrogens with one attached hydrogen (secondary N) is 1. The molecule has 0 aliphatic carbocycles. The van der Waals surface area contributed by atoms with Crippen LogP contribution in [0.25, 0.3) is 0 Å². The summed E-state index contributed by atoms with van der Waals surface area (Å²) in [4.78, 5) is 1.42. The van der Waals surface area contributed by atoms with Crippen molar-refractivity contribution < 1.29 is 0 Å². The molecule has 0 saturated heterocycles. The molecule has 1 nitrogen and oxygen atoms in total. The van der Waals surface area contributed by atoms with Gasteiger partial charge < -0.3 is 5.32 Å². The highest BCUT2D eigenvalue weighted by Crippen LogP contribution is 2.27. The number of hydrogen-bond acceptors (Lipinski definition) is 3. The fourth-order valence-electron chi connectivity index (χ4n) is 1.18. The third-order valence-corrected chi connectivity index (χ3v) is 4.34. The van der Waals surface area contributed by atoms with Crippen molar-refractivity contribution in [1.82, 2.24) is 5.32 Å². The molecule has 1 aromatic heterocycles. The monoisotopic (exact) mass is 279 g/mol. The molecule has 0 spiro atoms. The van der Waals surface area contributed by atoms with Gasteiger partial charge in [-0.1, -0.05) is 0 Å². The molecule has 0 aromatic carbocycles. The Labute approximate surface area is 96.4 Å². The molecule has 1 rings (SSSR count). The average molecular weight is 280 g/mol. The standard InChI is InChI=1S/C9H14BrNS2/c1-11-8(3-4-12-2)9-5-7(10)6-13-9/h5-6,8,11H,3-4H2,1-2H3. The first-order valence-electron chi connectivity index (χ1n) is 4.18. The molecule has 4 heteroatoms. The topological polar surface area (TPSA) is 12.0 Å². The van der Waals surface area contributed by atoms with Crippen LogP contribution in [-0.4, -0.2) is 19.1 Å². The molecule has 0 radical (unpaired) electrons. The Bertz CT molecular complexity index is 250. The summed E-state index contributed by atoms with van der Waals surface area (Å²) in [6.07, 6.45) is 3.35. The zero-order chi connectivity index (χ0) is 9.68. The number of hydrogen-bond donors (Lipinski definition) is 1. The second kappa shape index (κ2) is 6.06. The van der Waals surface area contributed by atoms with E-state index in [0.717, 1.165) is 0 Å². The molecule has 0 fully saturated rings. The summed E-state index contributed by atoms with van der Waals surface area (Å²) in [6.45, 7) is 0. The quantitative estimate of drug-likeness (QED) is 0.885. The number of thiophene rings is 1. The van der Waals surface area contributed by atoms with Crippen molar-refractivity contribution in [3.8, 4) is 0 Å². The van der Waals surface area contributed by atoms with Crippen LogP contribution in [0.15, 0.2) is 15.9 Å². The van der Waals surface area contributed by atoms with E-state index >= 15 is 0 Å². The van der Waals surface area contributed by atoms with Crippen molar-refractivity contribution in [3.05, 3.63) is 20.8 Å². The molecule has 1 heterocycles. The summed E-state index contributed by atoms with van der Waals surface area (Å²) in [5, 5.41) is 5.48. The van der Waals surface area contributed by atoms with Gasteiger partial charge in [0.25, 0.3) is 0 Å². The number of halogens is 1. The van der Waals surface area contributed by atoms with E-state index in [9.17, 15) is 0 Å². The molecular weight excluding hydrogens is 266 g/mol. The van der Waals surface area contributed by atoms with Crippen molar-refractivity contribution in [2.24, 2.45) is 0 Å². The second-order valence-corrected chi connectivity index (χ2v) is 5.63. The lowest BCUT2D eigenvalue weighted by molar-refractivity contribution is 0.591. The molecule has 0 bridgehead atoms. The maximum absolute atomic E-state index is 3.48. The van der Waals surface area contributed by atoms with Crippen LogP contribution in [0, 0.1) is 0 Å². The Hall–Kier alpha value is 0.490. The van der Waals surface area contributed by atoms with E-state index in [-0.39, 0.29) is 0 Å². The Morgan fingerprint density at radius 1 is 1.69 bits per heavy atom. The normalized spacial score (nSPS) is 13.2. The van der Waals surface area contributed by atoms with E-state index in [1.807, 2.05) is 30.1 Å². The van der Waals surface area contributed by atoms with Crippen LogP contribution in [0.5, 0.6) is 0 Å². The first kappa shape index (κ1) is 11.6. The minimum atomic E-state index is 0.517. The predicted molar refractivity (Wildman–Crippen MR) is 66.8 cm³/mol. The van der Waals surface area contributed by atoms with Gasteiger partial charge in [0, 0.05) is 20.8 Å². The summed E-state index contributed by atoms with van der Waals surface area (Å²) in [5.41, 5.74) is 0. The highest BCUT2D eigenvalue weighted by Gasteiger charge is 2.10. The van der Waals surface area contributed by atoms with Gasteiger partial charge in [-0.2, -0.15) is 11.8 Å². The van der Waals surface area contributed by atoms with E-state index in [1.165, 1.54) is 21.5 Å². The van der Waals surface area contributed by atoms with Crippen LogP contribution in [0.1, 0.15) is 17.3 Å². The average Bonchev–Trinajstić information content (AvgIpc) is 2.54. The third kappa shape index (κ3) is 3.62. The molecule has 0 aliphatic rings. The van der Waals surface area contributed by atoms with Crippen LogP contribution in [-0.2, 0) is 0 Å². The molecule has 1 atom stereocenters. The lowest BCUT2D eigenvalue weighted by Gasteiger charge is -2.12. The fraction of sp³-hybridized carbons (Fsp3) is 0.556. The van der Waals surface area contributed by atoms with Crippen molar-refractivity contribution in [3.63, 3.8) is 0 Å². The predicted octanol–water partition coefficient (Wildman–Crippen LogP) is 3.52. The Morgan fingerprint density at radius 2 is 2.46 bits per heavy atom. The van der Waals surface area contributed by atoms with Gasteiger partial charge in [0.2, 0.25) is 0 Å². The second-order valence-electron chi connectivity index (χ2n) is 2.79. The van der Waals surface area contributed by atoms with Gasteiger partial charge in [0.1, 0.15) is 0 Å². The van der Waals surface area contributed by atoms with E-state index in [2.05, 4.69) is 38.9 Å². The summed E-state index contributed by atoms with van der Waals surface area (Å²) in [5.74, 6) is 1.21. The summed E-state index contributed by atoms with van der Waals surface area (Å²) < 4.78 is 1.19. The maximum atomic E-state index is 3.48. The molecule has 74 valence electrons. The molecule has 0 amide bonds. The van der Waals surface area contributed by atoms with Crippen molar-refractivity contribution in [1.29, 1.82) is 0 Å². The zero-order valence-corrected chi connectivity index (χ0v) is 11.1. The van der Waals surface area contributed by atoms with Gasteiger partial charge in [-0.3, -0.25) is 0 Å². The van der Waals surface area contributed by atoms with Gasteiger partial charge in [0.05, 0.1) is 0 Å². The SMILES string of the molecule is CNC(CCSC)c1cc(Br)cs1. The minimum Gasteiger partial charge on any atom is -0.312 e. The van der Waals surface area contributed by atoms with Crippen LogP contribution >= 0.6 is 39.0 Å². The van der Waals surface area contributed by atoms with E-state index in [1.54, 1.807) is 0 Å². The van der Waals surface area contributed by atoms with E-state index in [0.29, 0.717) is 6.04 Å². The van der Waals surface area contributed by atoms with Crippen molar-refractivity contribution >= 4 is 39.0 Å². The van der Waals surface area contributed by atoms with Crippen LogP contribution < -0.4 is 5.32 Å². The number of thioether (sulfide) groups is 1. The smallest absolute Gasteiger partial charge is 0.0420 e. The van der Waals surface area contributed by atoms with Crippen LogP contribution in [0.2, 0.25) is 0 Å². The lowest BCUT2D eigenvalue weighted by Crippen LogP contribution is -2.15. The van der Waals surface area contributed by atoms with Crippen molar-refractivity contribution in [2.45, 2.75) is 12.5 Å².